The summed E-state index contributed by atoms with van der Waals surface area (Å²) in [6.45, 7) is 15.7. The topological polar surface area (TPSA) is 17.1 Å². The number of fused-ring (bicyclic) bond motifs is 1. The quantitative estimate of drug-likeness (QED) is 0.572. The van der Waals surface area contributed by atoms with Crippen LogP contribution in [0, 0.1) is 12.8 Å². The number of carbonyl (C=O) groups excluding carboxylic acids is 1. The summed E-state index contributed by atoms with van der Waals surface area (Å²) < 4.78 is 0. The van der Waals surface area contributed by atoms with E-state index in [2.05, 4.69) is 59.4 Å². The molecule has 0 aromatic heterocycles. The molecule has 134 valence electrons. The standard InChI is InChI=1S/C25H28O/c1-16(2)21-11-12-25(5,6)24-13-17(3)22(14-23(21)24)18(4)20-9-7-19(15-26)8-10-20/h7-11,13-16H,4,12H2,1-3,5-6H3. The molecule has 0 spiro atoms. The molecule has 0 aliphatic heterocycles. The molecule has 1 nitrogen and oxygen atoms in total. The van der Waals surface area contributed by atoms with Crippen molar-refractivity contribution in [1.29, 1.82) is 0 Å². The van der Waals surface area contributed by atoms with E-state index in [1.807, 2.05) is 24.3 Å². The van der Waals surface area contributed by atoms with E-state index in [9.17, 15) is 4.79 Å². The van der Waals surface area contributed by atoms with Gasteiger partial charge in [-0.05, 0) is 69.7 Å². The van der Waals surface area contributed by atoms with E-state index in [0.29, 0.717) is 11.5 Å². The molecule has 2 aromatic carbocycles. The second-order valence-corrected chi connectivity index (χ2v) is 8.33. The average Bonchev–Trinajstić information content (AvgIpc) is 2.61. The SMILES string of the molecule is C=C(c1ccc(C=O)cc1)c1cc2c(cc1C)C(C)(C)CC=C2C(C)C. The highest BCUT2D eigenvalue weighted by molar-refractivity contribution is 5.85. The molecule has 0 fully saturated rings. The lowest BCUT2D eigenvalue weighted by atomic mass is 9.70. The van der Waals surface area contributed by atoms with Gasteiger partial charge in [-0.2, -0.15) is 0 Å². The molecule has 2 aromatic rings. The number of aldehydes is 1. The molecular weight excluding hydrogens is 316 g/mol. The number of aryl methyl sites for hydroxylation is 1. The summed E-state index contributed by atoms with van der Waals surface area (Å²) >= 11 is 0. The lowest BCUT2D eigenvalue weighted by Crippen LogP contribution is -2.23. The molecule has 1 aliphatic carbocycles. The number of rotatable bonds is 4. The Balaban J connectivity index is 2.12. The van der Waals surface area contributed by atoms with E-state index in [1.54, 1.807) is 0 Å². The lowest BCUT2D eigenvalue weighted by Gasteiger charge is -2.34. The molecule has 0 saturated carbocycles. The molecule has 0 N–H and O–H groups in total. The average molecular weight is 344 g/mol. The van der Waals surface area contributed by atoms with Crippen molar-refractivity contribution in [3.63, 3.8) is 0 Å². The van der Waals surface area contributed by atoms with Gasteiger partial charge < -0.3 is 0 Å². The summed E-state index contributed by atoms with van der Waals surface area (Å²) in [4.78, 5) is 10.9. The number of benzene rings is 2. The van der Waals surface area contributed by atoms with Crippen LogP contribution in [0.2, 0.25) is 0 Å². The Labute approximate surface area is 157 Å². The van der Waals surface area contributed by atoms with Gasteiger partial charge >= 0.3 is 0 Å². The Morgan fingerprint density at radius 3 is 2.38 bits per heavy atom. The van der Waals surface area contributed by atoms with Crippen molar-refractivity contribution in [2.75, 3.05) is 0 Å². The van der Waals surface area contributed by atoms with Crippen LogP contribution in [-0.2, 0) is 5.41 Å². The summed E-state index contributed by atoms with van der Waals surface area (Å²) in [6.07, 6.45) is 4.37. The van der Waals surface area contributed by atoms with Crippen LogP contribution in [0.1, 0.15) is 72.3 Å². The van der Waals surface area contributed by atoms with Gasteiger partial charge in [-0.25, -0.2) is 0 Å². The van der Waals surface area contributed by atoms with Crippen LogP contribution in [0.15, 0.2) is 49.1 Å². The summed E-state index contributed by atoms with van der Waals surface area (Å²) in [5, 5.41) is 0. The van der Waals surface area contributed by atoms with Crippen molar-refractivity contribution < 1.29 is 4.79 Å². The van der Waals surface area contributed by atoms with Crippen molar-refractivity contribution in [2.24, 2.45) is 5.92 Å². The maximum Gasteiger partial charge on any atom is 0.150 e. The molecule has 1 aliphatic rings. The molecule has 0 heterocycles. The maximum atomic E-state index is 10.9. The Morgan fingerprint density at radius 2 is 1.81 bits per heavy atom. The lowest BCUT2D eigenvalue weighted by molar-refractivity contribution is 0.112. The fourth-order valence-electron chi connectivity index (χ4n) is 3.88. The predicted molar refractivity (Wildman–Crippen MR) is 112 cm³/mol. The second kappa shape index (κ2) is 6.72. The van der Waals surface area contributed by atoms with Crippen molar-refractivity contribution >= 4 is 17.4 Å². The first-order chi connectivity index (χ1) is 12.2. The van der Waals surface area contributed by atoms with Gasteiger partial charge in [-0.15, -0.1) is 0 Å². The van der Waals surface area contributed by atoms with Crippen LogP contribution in [0.25, 0.3) is 11.1 Å². The summed E-state index contributed by atoms with van der Waals surface area (Å²) in [5.74, 6) is 0.501. The Morgan fingerprint density at radius 1 is 1.15 bits per heavy atom. The van der Waals surface area contributed by atoms with E-state index in [-0.39, 0.29) is 5.41 Å². The van der Waals surface area contributed by atoms with Gasteiger partial charge in [-0.1, -0.05) is 70.7 Å². The number of hydrogen-bond donors (Lipinski definition) is 0. The van der Waals surface area contributed by atoms with Crippen molar-refractivity contribution in [3.05, 3.63) is 82.4 Å². The largest absolute Gasteiger partial charge is 0.298 e. The first-order valence-corrected chi connectivity index (χ1v) is 9.35. The van der Waals surface area contributed by atoms with Crippen molar-refractivity contribution in [3.8, 4) is 0 Å². The zero-order valence-electron chi connectivity index (χ0n) is 16.5. The molecule has 26 heavy (non-hydrogen) atoms. The van der Waals surface area contributed by atoms with E-state index in [1.165, 1.54) is 27.8 Å². The van der Waals surface area contributed by atoms with Crippen molar-refractivity contribution in [2.45, 2.75) is 46.5 Å². The van der Waals surface area contributed by atoms with Crippen LogP contribution in [0.5, 0.6) is 0 Å². The molecule has 0 unspecified atom stereocenters. The fraction of sp³-hybridized carbons (Fsp3) is 0.320. The zero-order valence-corrected chi connectivity index (χ0v) is 16.5. The number of carbonyl (C=O) groups is 1. The third kappa shape index (κ3) is 3.19. The van der Waals surface area contributed by atoms with Gasteiger partial charge in [0.1, 0.15) is 6.29 Å². The molecule has 0 saturated heterocycles. The monoisotopic (exact) mass is 344 g/mol. The summed E-state index contributed by atoms with van der Waals surface area (Å²) in [7, 11) is 0. The van der Waals surface area contributed by atoms with E-state index >= 15 is 0 Å². The summed E-state index contributed by atoms with van der Waals surface area (Å²) in [5.41, 5.74) is 9.59. The first kappa shape index (κ1) is 18.4. The normalized spacial score (nSPS) is 15.4. The minimum atomic E-state index is 0.157. The first-order valence-electron chi connectivity index (χ1n) is 9.35. The molecule has 0 radical (unpaired) electrons. The Hall–Kier alpha value is -2.41. The van der Waals surface area contributed by atoms with Gasteiger partial charge in [0.2, 0.25) is 0 Å². The molecule has 0 bridgehead atoms. The Bertz CT molecular complexity index is 892. The van der Waals surface area contributed by atoms with Gasteiger partial charge in [0.05, 0.1) is 0 Å². The highest BCUT2D eigenvalue weighted by Crippen LogP contribution is 2.43. The van der Waals surface area contributed by atoms with Crippen LogP contribution in [-0.4, -0.2) is 6.29 Å². The van der Waals surface area contributed by atoms with E-state index < -0.39 is 0 Å². The van der Waals surface area contributed by atoms with Crippen LogP contribution < -0.4 is 0 Å². The fourth-order valence-corrected chi connectivity index (χ4v) is 3.88. The van der Waals surface area contributed by atoms with Gasteiger partial charge in [0.25, 0.3) is 0 Å². The molecule has 1 heteroatoms. The van der Waals surface area contributed by atoms with E-state index in [4.69, 9.17) is 0 Å². The third-order valence-corrected chi connectivity index (χ3v) is 5.58. The molecule has 3 rings (SSSR count). The van der Waals surface area contributed by atoms with Crippen LogP contribution in [0.4, 0.5) is 0 Å². The number of hydrogen-bond acceptors (Lipinski definition) is 1. The van der Waals surface area contributed by atoms with Gasteiger partial charge in [0.15, 0.2) is 0 Å². The molecule has 0 atom stereocenters. The molecule has 0 amide bonds. The zero-order chi connectivity index (χ0) is 19.1. The minimum Gasteiger partial charge on any atom is -0.298 e. The minimum absolute atomic E-state index is 0.157. The summed E-state index contributed by atoms with van der Waals surface area (Å²) in [6, 6.07) is 12.3. The predicted octanol–water partition coefficient (Wildman–Crippen LogP) is 6.59. The highest BCUT2D eigenvalue weighted by atomic mass is 16.1. The van der Waals surface area contributed by atoms with Crippen LogP contribution >= 0.6 is 0 Å². The van der Waals surface area contributed by atoms with E-state index in [0.717, 1.165) is 23.8 Å². The second-order valence-electron chi connectivity index (χ2n) is 8.33. The Kier molecular flexibility index (Phi) is 4.75. The maximum absolute atomic E-state index is 10.9. The number of allylic oxidation sites excluding steroid dienone is 2. The van der Waals surface area contributed by atoms with Gasteiger partial charge in [-0.3, -0.25) is 4.79 Å². The van der Waals surface area contributed by atoms with Gasteiger partial charge in [0, 0.05) is 5.56 Å². The smallest absolute Gasteiger partial charge is 0.150 e. The highest BCUT2D eigenvalue weighted by Gasteiger charge is 2.30. The third-order valence-electron chi connectivity index (χ3n) is 5.58. The molecular formula is C25H28O. The van der Waals surface area contributed by atoms with Crippen molar-refractivity contribution in [1.82, 2.24) is 0 Å². The van der Waals surface area contributed by atoms with Crippen LogP contribution in [0.3, 0.4) is 0 Å².